The minimum atomic E-state index is -0.247. The molecule has 280 valence electrons. The fraction of sp³-hybridized carbons (Fsp3) is 0.800. The van der Waals surface area contributed by atoms with Gasteiger partial charge in [0.25, 0.3) is 11.1 Å². The maximum absolute atomic E-state index is 11.8. The van der Waals surface area contributed by atoms with E-state index in [4.69, 9.17) is 11.5 Å². The first-order chi connectivity index (χ1) is 22.6. The third-order valence-electron chi connectivity index (χ3n) is 7.91. The van der Waals surface area contributed by atoms with Crippen molar-refractivity contribution in [3.63, 3.8) is 0 Å². The van der Waals surface area contributed by atoms with E-state index in [9.17, 15) is 9.59 Å². The first-order valence-electron chi connectivity index (χ1n) is 19.2. The van der Waals surface area contributed by atoms with Gasteiger partial charge in [0.15, 0.2) is 0 Å². The molecule has 0 saturated carbocycles. The third-order valence-corrected chi connectivity index (χ3v) is 7.91. The zero-order chi connectivity index (χ0) is 37.1. The molecule has 0 atom stereocenters. The molecule has 2 aromatic heterocycles. The van der Waals surface area contributed by atoms with Gasteiger partial charge < -0.3 is 21.4 Å². The standard InChI is InChI=1S/C13H22N2O.C12H26.C8H18.C7H12N4O/c1-8(2)6-11-10(5)14-12(7-9(3)4)13(16)15-11;1-11(2)9-7-5-6-8-10-12(3)4;1-3-5-7-8-6-4-2;1-4-5(2-8)11-7(12)6(3-9)10-4/h8-9H,6-7H2,1-5H3,(H,15,16);11-12H,5-10H2,1-4H3;3-8H2,1-2H3;2-3,8-9H2,1H3,(H,11,12). The second-order valence-corrected chi connectivity index (χ2v) is 15.0. The number of hydrogen-bond acceptors (Lipinski definition) is 6. The highest BCUT2D eigenvalue weighted by Gasteiger charge is 2.10. The van der Waals surface area contributed by atoms with E-state index in [-0.39, 0.29) is 17.7 Å². The molecule has 8 heteroatoms. The minimum Gasteiger partial charge on any atom is -0.325 e. The molecule has 0 fully saturated rings. The molecule has 0 spiro atoms. The van der Waals surface area contributed by atoms with Crippen molar-refractivity contribution >= 4 is 0 Å². The molecule has 0 aromatic carbocycles. The SMILES string of the molecule is CC(C)CCCCCCC(C)C.CCCCCCCC.Cc1nc(CC(C)C)c(=O)[nH]c1CC(C)C.Cc1nc(CN)c(=O)[nH]c1CN. The van der Waals surface area contributed by atoms with Crippen LogP contribution in [0.15, 0.2) is 9.59 Å². The Bertz CT molecular complexity index is 1150. The highest BCUT2D eigenvalue weighted by atomic mass is 16.1. The van der Waals surface area contributed by atoms with E-state index < -0.39 is 0 Å². The Kier molecular flexibility index (Phi) is 29.5. The fourth-order valence-corrected chi connectivity index (χ4v) is 5.02. The maximum Gasteiger partial charge on any atom is 0.271 e. The Balaban J connectivity index is 0. The lowest BCUT2D eigenvalue weighted by Crippen LogP contribution is -2.22. The Morgan fingerprint density at radius 1 is 0.521 bits per heavy atom. The highest BCUT2D eigenvalue weighted by Crippen LogP contribution is 2.13. The molecule has 48 heavy (non-hydrogen) atoms. The average Bonchev–Trinajstić information content (AvgIpc) is 3.01. The molecule has 0 saturated heterocycles. The number of aryl methyl sites for hydroxylation is 2. The van der Waals surface area contributed by atoms with Gasteiger partial charge in [-0.15, -0.1) is 0 Å². The Labute approximate surface area is 295 Å². The van der Waals surface area contributed by atoms with Gasteiger partial charge in [-0.2, -0.15) is 0 Å². The van der Waals surface area contributed by atoms with Crippen molar-refractivity contribution in [1.29, 1.82) is 0 Å². The lowest BCUT2D eigenvalue weighted by Gasteiger charge is -2.10. The summed E-state index contributed by atoms with van der Waals surface area (Å²) in [6.45, 7) is 26.4. The number of nitrogens with one attached hydrogen (secondary N) is 2. The van der Waals surface area contributed by atoms with Crippen molar-refractivity contribution in [1.82, 2.24) is 19.9 Å². The van der Waals surface area contributed by atoms with Crippen LogP contribution in [0.5, 0.6) is 0 Å². The molecule has 0 bridgehead atoms. The van der Waals surface area contributed by atoms with Crippen LogP contribution in [0.2, 0.25) is 0 Å². The molecule has 2 heterocycles. The molecular weight excluding hydrogens is 596 g/mol. The van der Waals surface area contributed by atoms with Crippen LogP contribution in [0.1, 0.15) is 180 Å². The zero-order valence-electron chi connectivity index (χ0n) is 33.5. The zero-order valence-corrected chi connectivity index (χ0v) is 33.5. The van der Waals surface area contributed by atoms with Crippen LogP contribution in [0.3, 0.4) is 0 Å². The molecule has 0 unspecified atom stereocenters. The summed E-state index contributed by atoms with van der Waals surface area (Å²) in [5.74, 6) is 2.79. The lowest BCUT2D eigenvalue weighted by molar-refractivity contribution is 0.488. The van der Waals surface area contributed by atoms with Gasteiger partial charge >= 0.3 is 0 Å². The first kappa shape index (κ1) is 47.8. The van der Waals surface area contributed by atoms with Crippen LogP contribution in [0.25, 0.3) is 0 Å². The summed E-state index contributed by atoms with van der Waals surface area (Å²) in [6.07, 6.45) is 18.7. The first-order valence-corrected chi connectivity index (χ1v) is 19.2. The van der Waals surface area contributed by atoms with Gasteiger partial charge in [0.1, 0.15) is 11.4 Å². The van der Waals surface area contributed by atoms with E-state index in [0.29, 0.717) is 35.5 Å². The number of hydrogen-bond donors (Lipinski definition) is 4. The Morgan fingerprint density at radius 3 is 1.31 bits per heavy atom. The maximum atomic E-state index is 11.8. The van der Waals surface area contributed by atoms with Crippen molar-refractivity contribution in [2.75, 3.05) is 0 Å². The van der Waals surface area contributed by atoms with Gasteiger partial charge in [-0.05, 0) is 50.4 Å². The Hall–Kier alpha value is -2.32. The normalized spacial score (nSPS) is 10.9. The minimum absolute atomic E-state index is 0.0186. The predicted molar refractivity (Wildman–Crippen MR) is 208 cm³/mol. The van der Waals surface area contributed by atoms with Gasteiger partial charge in [0, 0.05) is 18.8 Å². The number of nitrogens with zero attached hydrogens (tertiary/aromatic N) is 2. The quantitative estimate of drug-likeness (QED) is 0.116. The largest absolute Gasteiger partial charge is 0.325 e. The molecule has 8 nitrogen and oxygen atoms in total. The molecule has 0 amide bonds. The van der Waals surface area contributed by atoms with E-state index >= 15 is 0 Å². The summed E-state index contributed by atoms with van der Waals surface area (Å²) in [5.41, 5.74) is 14.8. The number of aromatic nitrogens is 4. The van der Waals surface area contributed by atoms with Crippen LogP contribution < -0.4 is 22.6 Å². The molecule has 0 radical (unpaired) electrons. The molecule has 0 aliphatic heterocycles. The van der Waals surface area contributed by atoms with E-state index in [1.54, 1.807) is 6.92 Å². The molecule has 0 aliphatic rings. The summed E-state index contributed by atoms with van der Waals surface area (Å²) in [5, 5.41) is 0. The summed E-state index contributed by atoms with van der Waals surface area (Å²) >= 11 is 0. The van der Waals surface area contributed by atoms with Gasteiger partial charge in [-0.25, -0.2) is 4.98 Å². The van der Waals surface area contributed by atoms with Gasteiger partial charge in [0.2, 0.25) is 0 Å². The topological polar surface area (TPSA) is 144 Å². The monoisotopic (exact) mass is 675 g/mol. The van der Waals surface area contributed by atoms with Crippen molar-refractivity contribution in [2.45, 2.75) is 186 Å². The number of nitrogens with two attached hydrogens (primary N) is 2. The number of unbranched alkanes of at least 4 members (excludes halogenated alkanes) is 8. The molecule has 6 N–H and O–H groups in total. The lowest BCUT2D eigenvalue weighted by atomic mass is 10.0. The van der Waals surface area contributed by atoms with Crippen LogP contribution in [0.4, 0.5) is 0 Å². The number of rotatable bonds is 18. The van der Waals surface area contributed by atoms with E-state index in [0.717, 1.165) is 41.8 Å². The molecule has 2 rings (SSSR count). The van der Waals surface area contributed by atoms with E-state index in [1.165, 1.54) is 77.0 Å². The summed E-state index contributed by atoms with van der Waals surface area (Å²) in [6, 6.07) is 0. The van der Waals surface area contributed by atoms with Crippen LogP contribution in [-0.2, 0) is 25.9 Å². The van der Waals surface area contributed by atoms with Crippen molar-refractivity contribution in [2.24, 2.45) is 35.1 Å². The summed E-state index contributed by atoms with van der Waals surface area (Å²) in [4.78, 5) is 36.9. The third kappa shape index (κ3) is 25.7. The van der Waals surface area contributed by atoms with Crippen LogP contribution in [-0.4, -0.2) is 19.9 Å². The van der Waals surface area contributed by atoms with Gasteiger partial charge in [-0.3, -0.25) is 14.6 Å². The van der Waals surface area contributed by atoms with Crippen molar-refractivity contribution < 1.29 is 0 Å². The van der Waals surface area contributed by atoms with Crippen LogP contribution in [0, 0.1) is 37.5 Å². The second kappa shape index (κ2) is 29.6. The molecule has 0 aliphatic carbocycles. The highest BCUT2D eigenvalue weighted by molar-refractivity contribution is 5.14. The average molecular weight is 675 g/mol. The second-order valence-electron chi connectivity index (χ2n) is 15.0. The molecular formula is C40H78N6O2. The van der Waals surface area contributed by atoms with Gasteiger partial charge in [0.05, 0.1) is 17.1 Å². The summed E-state index contributed by atoms with van der Waals surface area (Å²) < 4.78 is 0. The van der Waals surface area contributed by atoms with Crippen molar-refractivity contribution in [3.05, 3.63) is 54.9 Å². The fourth-order valence-electron chi connectivity index (χ4n) is 5.02. The Morgan fingerprint density at radius 2 is 0.917 bits per heavy atom. The van der Waals surface area contributed by atoms with Gasteiger partial charge in [-0.1, -0.05) is 146 Å². The number of H-pyrrole nitrogens is 2. The van der Waals surface area contributed by atoms with Crippen molar-refractivity contribution in [3.8, 4) is 0 Å². The van der Waals surface area contributed by atoms with E-state index in [2.05, 4.69) is 89.2 Å². The smallest absolute Gasteiger partial charge is 0.271 e. The molecule has 2 aromatic rings. The summed E-state index contributed by atoms with van der Waals surface area (Å²) in [7, 11) is 0. The predicted octanol–water partition coefficient (Wildman–Crippen LogP) is 9.48. The number of aromatic amines is 2. The van der Waals surface area contributed by atoms with Crippen LogP contribution >= 0.6 is 0 Å². The van der Waals surface area contributed by atoms with E-state index in [1.807, 2.05) is 6.92 Å².